The van der Waals surface area contributed by atoms with Crippen LogP contribution in [0.1, 0.15) is 18.1 Å². The van der Waals surface area contributed by atoms with E-state index in [9.17, 15) is 13.2 Å². The van der Waals surface area contributed by atoms with Crippen LogP contribution in [0.25, 0.3) is 22.3 Å². The molecule has 5 heteroatoms. The molecule has 0 aliphatic heterocycles. The molecule has 3 rings (SSSR count). The lowest BCUT2D eigenvalue weighted by Gasteiger charge is -2.05. The molecule has 0 aliphatic rings. The molecule has 0 bridgehead atoms. The van der Waals surface area contributed by atoms with Crippen molar-refractivity contribution in [3.8, 4) is 11.3 Å². The van der Waals surface area contributed by atoms with Crippen LogP contribution in [0.3, 0.4) is 0 Å². The zero-order valence-corrected chi connectivity index (χ0v) is 11.2. The molecular weight excluding hydrogens is 279 g/mol. The molecule has 0 saturated carbocycles. The van der Waals surface area contributed by atoms with Crippen LogP contribution in [0.5, 0.6) is 0 Å². The fourth-order valence-electron chi connectivity index (χ4n) is 2.30. The molecule has 0 radical (unpaired) electrons. The summed E-state index contributed by atoms with van der Waals surface area (Å²) in [5.74, 6) is 0.559. The second-order valence-corrected chi connectivity index (χ2v) is 4.75. The molecular formula is C16H12F3NO. The Morgan fingerprint density at radius 1 is 1.14 bits per heavy atom. The maximum atomic E-state index is 12.7. The molecule has 0 saturated heterocycles. The monoisotopic (exact) mass is 291 g/mol. The number of fused-ring (bicyclic) bond motifs is 1. The van der Waals surface area contributed by atoms with Gasteiger partial charge in [0.1, 0.15) is 11.3 Å². The van der Waals surface area contributed by atoms with Crippen molar-refractivity contribution in [1.82, 2.24) is 4.98 Å². The molecule has 2 nitrogen and oxygen atoms in total. The number of halogens is 3. The lowest BCUT2D eigenvalue weighted by atomic mass is 10.1. The van der Waals surface area contributed by atoms with Crippen molar-refractivity contribution in [3.63, 3.8) is 0 Å². The summed E-state index contributed by atoms with van der Waals surface area (Å²) < 4.78 is 43.8. The zero-order valence-electron chi connectivity index (χ0n) is 11.2. The van der Waals surface area contributed by atoms with Gasteiger partial charge in [0, 0.05) is 23.3 Å². The lowest BCUT2D eigenvalue weighted by Crippen LogP contribution is -2.03. The second-order valence-electron chi connectivity index (χ2n) is 4.75. The van der Waals surface area contributed by atoms with Crippen molar-refractivity contribution in [1.29, 1.82) is 0 Å². The van der Waals surface area contributed by atoms with E-state index < -0.39 is 11.7 Å². The quantitative estimate of drug-likeness (QED) is 0.658. The van der Waals surface area contributed by atoms with Gasteiger partial charge in [-0.25, -0.2) is 0 Å². The fraction of sp³-hybridized carbons (Fsp3) is 0.188. The molecule has 108 valence electrons. The summed E-state index contributed by atoms with van der Waals surface area (Å²) in [6.45, 7) is 1.99. The summed E-state index contributed by atoms with van der Waals surface area (Å²) in [6, 6.07) is 6.94. The normalized spacial score (nSPS) is 12.0. The molecule has 0 aliphatic carbocycles. The number of rotatable bonds is 2. The molecule has 21 heavy (non-hydrogen) atoms. The summed E-state index contributed by atoms with van der Waals surface area (Å²) in [7, 11) is 0. The average Bonchev–Trinajstić information content (AvgIpc) is 2.89. The minimum Gasteiger partial charge on any atom is -0.456 e. The third kappa shape index (κ3) is 2.51. The number of alkyl halides is 3. The van der Waals surface area contributed by atoms with Gasteiger partial charge in [-0.1, -0.05) is 6.92 Å². The third-order valence-electron chi connectivity index (χ3n) is 3.39. The number of furan rings is 1. The Balaban J connectivity index is 2.13. The zero-order chi connectivity index (χ0) is 15.0. The third-order valence-corrected chi connectivity index (χ3v) is 3.39. The number of benzene rings is 1. The van der Waals surface area contributed by atoms with Crippen molar-refractivity contribution in [2.75, 3.05) is 0 Å². The largest absolute Gasteiger partial charge is 0.456 e. The van der Waals surface area contributed by atoms with Crippen molar-refractivity contribution in [2.24, 2.45) is 0 Å². The summed E-state index contributed by atoms with van der Waals surface area (Å²) in [5.41, 5.74) is 1.62. The van der Waals surface area contributed by atoms with E-state index in [-0.39, 0.29) is 0 Å². The topological polar surface area (TPSA) is 26.0 Å². The van der Waals surface area contributed by atoms with Gasteiger partial charge in [-0.05, 0) is 42.3 Å². The van der Waals surface area contributed by atoms with Gasteiger partial charge in [-0.2, -0.15) is 13.2 Å². The maximum Gasteiger partial charge on any atom is 0.416 e. The van der Waals surface area contributed by atoms with Crippen molar-refractivity contribution in [2.45, 2.75) is 19.5 Å². The first-order valence-corrected chi connectivity index (χ1v) is 6.53. The Morgan fingerprint density at radius 2 is 1.95 bits per heavy atom. The SMILES string of the molecule is CCc1cnccc1-c1cc2cc(C(F)(F)F)ccc2o1. The fourth-order valence-corrected chi connectivity index (χ4v) is 2.30. The van der Waals surface area contributed by atoms with Gasteiger partial charge in [0.05, 0.1) is 5.56 Å². The molecule has 3 aromatic rings. The molecule has 1 aromatic carbocycles. The van der Waals surface area contributed by atoms with Crippen LogP contribution in [0, 0.1) is 0 Å². The van der Waals surface area contributed by atoms with Gasteiger partial charge in [0.15, 0.2) is 0 Å². The molecule has 0 unspecified atom stereocenters. The van der Waals surface area contributed by atoms with Crippen LogP contribution in [0.4, 0.5) is 13.2 Å². The van der Waals surface area contributed by atoms with Gasteiger partial charge in [0.2, 0.25) is 0 Å². The number of nitrogens with zero attached hydrogens (tertiary/aromatic N) is 1. The first kappa shape index (κ1) is 13.7. The summed E-state index contributed by atoms with van der Waals surface area (Å²) in [4.78, 5) is 4.05. The number of hydrogen-bond donors (Lipinski definition) is 0. The Kier molecular flexibility index (Phi) is 3.20. The van der Waals surface area contributed by atoms with Crippen LogP contribution in [-0.4, -0.2) is 4.98 Å². The average molecular weight is 291 g/mol. The molecule has 2 aromatic heterocycles. The summed E-state index contributed by atoms with van der Waals surface area (Å²) in [5, 5.41) is 0.443. The van der Waals surface area contributed by atoms with E-state index in [0.717, 1.165) is 29.7 Å². The van der Waals surface area contributed by atoms with E-state index in [2.05, 4.69) is 4.98 Å². The van der Waals surface area contributed by atoms with Crippen molar-refractivity contribution >= 4 is 11.0 Å². The summed E-state index contributed by atoms with van der Waals surface area (Å²) in [6.07, 6.45) is -0.197. The van der Waals surface area contributed by atoms with Gasteiger partial charge in [-0.15, -0.1) is 0 Å². The van der Waals surface area contributed by atoms with Crippen LogP contribution in [0.15, 0.2) is 47.1 Å². The van der Waals surface area contributed by atoms with Gasteiger partial charge >= 0.3 is 6.18 Å². The Morgan fingerprint density at radius 3 is 2.67 bits per heavy atom. The maximum absolute atomic E-state index is 12.7. The molecule has 0 amide bonds. The lowest BCUT2D eigenvalue weighted by molar-refractivity contribution is -0.137. The van der Waals surface area contributed by atoms with Gasteiger partial charge in [-0.3, -0.25) is 4.98 Å². The number of hydrogen-bond acceptors (Lipinski definition) is 2. The molecule has 0 fully saturated rings. The highest BCUT2D eigenvalue weighted by molar-refractivity contribution is 5.84. The van der Waals surface area contributed by atoms with Crippen molar-refractivity contribution < 1.29 is 17.6 Å². The van der Waals surface area contributed by atoms with E-state index in [1.165, 1.54) is 6.07 Å². The number of aryl methyl sites for hydroxylation is 1. The predicted molar refractivity (Wildman–Crippen MR) is 73.8 cm³/mol. The Bertz CT molecular complexity index is 790. The van der Waals surface area contributed by atoms with Crippen LogP contribution in [-0.2, 0) is 12.6 Å². The molecule has 2 heterocycles. The van der Waals surface area contributed by atoms with E-state index >= 15 is 0 Å². The second kappa shape index (κ2) is 4.91. The number of aromatic nitrogens is 1. The highest BCUT2D eigenvalue weighted by atomic mass is 19.4. The smallest absolute Gasteiger partial charge is 0.416 e. The van der Waals surface area contributed by atoms with Gasteiger partial charge in [0.25, 0.3) is 0 Å². The van der Waals surface area contributed by atoms with Crippen LogP contribution >= 0.6 is 0 Å². The predicted octanol–water partition coefficient (Wildman–Crippen LogP) is 5.08. The Labute approximate surface area is 119 Å². The summed E-state index contributed by atoms with van der Waals surface area (Å²) >= 11 is 0. The standard InChI is InChI=1S/C16H12F3NO/c1-2-10-9-20-6-5-13(10)15-8-11-7-12(16(17,18)19)3-4-14(11)21-15/h3-9H,2H2,1H3. The van der Waals surface area contributed by atoms with E-state index in [0.29, 0.717) is 16.7 Å². The molecule has 0 atom stereocenters. The minimum atomic E-state index is -4.35. The highest BCUT2D eigenvalue weighted by Crippen LogP contribution is 2.35. The minimum absolute atomic E-state index is 0.442. The van der Waals surface area contributed by atoms with Crippen LogP contribution < -0.4 is 0 Å². The Hall–Kier alpha value is -2.30. The van der Waals surface area contributed by atoms with Gasteiger partial charge < -0.3 is 4.42 Å². The molecule has 0 N–H and O–H groups in total. The van der Waals surface area contributed by atoms with E-state index in [1.807, 2.05) is 6.92 Å². The van der Waals surface area contributed by atoms with Crippen LogP contribution in [0.2, 0.25) is 0 Å². The van der Waals surface area contributed by atoms with E-state index in [1.54, 1.807) is 24.5 Å². The highest BCUT2D eigenvalue weighted by Gasteiger charge is 2.30. The van der Waals surface area contributed by atoms with E-state index in [4.69, 9.17) is 4.42 Å². The molecule has 0 spiro atoms. The van der Waals surface area contributed by atoms with Crippen molar-refractivity contribution in [3.05, 3.63) is 53.9 Å². The first-order chi connectivity index (χ1) is 9.99. The first-order valence-electron chi connectivity index (χ1n) is 6.53. The number of pyridine rings is 1.